The number of nitro benzene ring substituents is 1. The highest BCUT2D eigenvalue weighted by Crippen LogP contribution is 2.32. The number of halogens is 1. The smallest absolute Gasteiger partial charge is 0.271 e. The molecule has 0 bridgehead atoms. The number of non-ortho nitro benzene ring substituents is 1. The molecule has 0 spiro atoms. The number of thiophene rings is 1. The van der Waals surface area contributed by atoms with E-state index in [0.717, 1.165) is 0 Å². The van der Waals surface area contributed by atoms with E-state index in [0.29, 0.717) is 10.7 Å². The molecule has 1 aromatic carbocycles. The van der Waals surface area contributed by atoms with E-state index in [9.17, 15) is 10.1 Å². The van der Waals surface area contributed by atoms with Gasteiger partial charge in [0.2, 0.25) is 0 Å². The lowest BCUT2D eigenvalue weighted by atomic mass is 10.2. The number of nitro groups is 1. The lowest BCUT2D eigenvalue weighted by molar-refractivity contribution is -0.384. The van der Waals surface area contributed by atoms with Crippen molar-refractivity contribution in [2.45, 2.75) is 19.9 Å². The third-order valence-electron chi connectivity index (χ3n) is 2.83. The van der Waals surface area contributed by atoms with Crippen LogP contribution in [-0.4, -0.2) is 4.92 Å². The van der Waals surface area contributed by atoms with Crippen LogP contribution in [0, 0.1) is 17.0 Å². The van der Waals surface area contributed by atoms with Crippen molar-refractivity contribution in [3.63, 3.8) is 0 Å². The normalized spacial score (nSPS) is 12.2. The van der Waals surface area contributed by atoms with Gasteiger partial charge in [0.05, 0.1) is 21.7 Å². The Morgan fingerprint density at radius 2 is 2.16 bits per heavy atom. The molecule has 1 N–H and O–H groups in total. The summed E-state index contributed by atoms with van der Waals surface area (Å²) in [5.74, 6) is 0. The maximum atomic E-state index is 10.8. The van der Waals surface area contributed by atoms with Gasteiger partial charge in [0, 0.05) is 17.0 Å². The molecule has 4 nitrogen and oxygen atoms in total. The van der Waals surface area contributed by atoms with Gasteiger partial charge in [-0.3, -0.25) is 10.1 Å². The molecule has 0 radical (unpaired) electrons. The summed E-state index contributed by atoms with van der Waals surface area (Å²) >= 11 is 7.72. The van der Waals surface area contributed by atoms with Crippen LogP contribution < -0.4 is 5.32 Å². The highest BCUT2D eigenvalue weighted by Gasteiger charge is 2.14. The van der Waals surface area contributed by atoms with E-state index in [2.05, 4.69) is 5.32 Å². The summed E-state index contributed by atoms with van der Waals surface area (Å²) in [6.45, 7) is 4.05. The average molecular weight is 297 g/mol. The minimum absolute atomic E-state index is 0.0296. The van der Waals surface area contributed by atoms with Crippen LogP contribution in [0.15, 0.2) is 29.6 Å². The highest BCUT2D eigenvalue weighted by atomic mass is 35.5. The van der Waals surface area contributed by atoms with E-state index in [4.69, 9.17) is 11.6 Å². The van der Waals surface area contributed by atoms with Crippen molar-refractivity contribution in [2.75, 3.05) is 5.32 Å². The molecule has 100 valence electrons. The average Bonchev–Trinajstić information content (AvgIpc) is 2.78. The zero-order valence-corrected chi connectivity index (χ0v) is 12.1. The van der Waals surface area contributed by atoms with Crippen molar-refractivity contribution >= 4 is 34.3 Å². The molecule has 1 unspecified atom stereocenters. The molecule has 0 aliphatic rings. The first-order valence-electron chi connectivity index (χ1n) is 5.73. The van der Waals surface area contributed by atoms with E-state index in [1.54, 1.807) is 11.3 Å². The molecule has 1 aromatic heterocycles. The van der Waals surface area contributed by atoms with Crippen LogP contribution in [0.2, 0.25) is 5.02 Å². The third-order valence-corrected chi connectivity index (χ3v) is 4.36. The number of aryl methyl sites for hydroxylation is 1. The number of nitrogens with one attached hydrogen (secondary N) is 1. The molecule has 0 saturated heterocycles. The number of nitrogens with zero attached hydrogens (tertiary/aromatic N) is 1. The van der Waals surface area contributed by atoms with Crippen molar-refractivity contribution in [3.8, 4) is 0 Å². The monoisotopic (exact) mass is 296 g/mol. The van der Waals surface area contributed by atoms with Crippen molar-refractivity contribution in [3.05, 3.63) is 55.2 Å². The summed E-state index contributed by atoms with van der Waals surface area (Å²) in [6.07, 6.45) is 0. The maximum absolute atomic E-state index is 10.8. The molecule has 6 heteroatoms. The Hall–Kier alpha value is -1.59. The van der Waals surface area contributed by atoms with Gasteiger partial charge >= 0.3 is 0 Å². The zero-order valence-electron chi connectivity index (χ0n) is 10.5. The minimum Gasteiger partial charge on any atom is -0.376 e. The lowest BCUT2D eigenvalue weighted by Gasteiger charge is -2.16. The maximum Gasteiger partial charge on any atom is 0.271 e. The molecule has 0 aliphatic heterocycles. The molecule has 0 amide bonds. The fraction of sp³-hybridized carbons (Fsp3) is 0.231. The SMILES string of the molecule is Cc1ccsc1C(C)Nc1cc([N+](=O)[O-])ccc1Cl. The number of anilines is 1. The van der Waals surface area contributed by atoms with Crippen molar-refractivity contribution in [2.24, 2.45) is 0 Å². The number of rotatable bonds is 4. The largest absolute Gasteiger partial charge is 0.376 e. The number of hydrogen-bond donors (Lipinski definition) is 1. The molecule has 0 aliphatic carbocycles. The fourth-order valence-corrected chi connectivity index (χ4v) is 2.97. The van der Waals surface area contributed by atoms with E-state index in [-0.39, 0.29) is 11.7 Å². The third kappa shape index (κ3) is 3.05. The Balaban J connectivity index is 2.26. The molecular weight excluding hydrogens is 284 g/mol. The second-order valence-electron chi connectivity index (χ2n) is 4.26. The first-order chi connectivity index (χ1) is 8.99. The van der Waals surface area contributed by atoms with Crippen molar-refractivity contribution in [1.82, 2.24) is 0 Å². The van der Waals surface area contributed by atoms with Gasteiger partial charge in [0.25, 0.3) is 5.69 Å². The summed E-state index contributed by atoms with van der Waals surface area (Å²) in [4.78, 5) is 11.5. The molecule has 1 heterocycles. The first kappa shape index (κ1) is 13.8. The quantitative estimate of drug-likeness (QED) is 0.652. The predicted octanol–water partition coefficient (Wildman–Crippen LogP) is 4.79. The zero-order chi connectivity index (χ0) is 14.0. The van der Waals surface area contributed by atoms with Gasteiger partial charge in [-0.05, 0) is 36.9 Å². The second-order valence-corrected chi connectivity index (χ2v) is 5.61. The van der Waals surface area contributed by atoms with Gasteiger partial charge in [-0.25, -0.2) is 0 Å². The van der Waals surface area contributed by atoms with Crippen molar-refractivity contribution in [1.29, 1.82) is 0 Å². The molecule has 2 aromatic rings. The van der Waals surface area contributed by atoms with Gasteiger partial charge in [-0.2, -0.15) is 0 Å². The second kappa shape index (κ2) is 5.59. The summed E-state index contributed by atoms with van der Waals surface area (Å²) in [5, 5.41) is 16.5. The Bertz CT molecular complexity index is 612. The van der Waals surface area contributed by atoms with E-state index in [1.807, 2.05) is 25.3 Å². The van der Waals surface area contributed by atoms with Crippen molar-refractivity contribution < 1.29 is 4.92 Å². The molecule has 1 atom stereocenters. The highest BCUT2D eigenvalue weighted by molar-refractivity contribution is 7.10. The van der Waals surface area contributed by atoms with E-state index in [1.165, 1.54) is 28.6 Å². The van der Waals surface area contributed by atoms with Gasteiger partial charge in [0.15, 0.2) is 0 Å². The van der Waals surface area contributed by atoms with Gasteiger partial charge in [-0.15, -0.1) is 11.3 Å². The van der Waals surface area contributed by atoms with Gasteiger partial charge in [0.1, 0.15) is 0 Å². The Kier molecular flexibility index (Phi) is 4.07. The van der Waals surface area contributed by atoms with Gasteiger partial charge in [-0.1, -0.05) is 11.6 Å². The minimum atomic E-state index is -0.428. The molecule has 2 rings (SSSR count). The van der Waals surface area contributed by atoms with Crippen LogP contribution in [0.25, 0.3) is 0 Å². The molecule has 0 fully saturated rings. The fourth-order valence-electron chi connectivity index (χ4n) is 1.86. The first-order valence-corrected chi connectivity index (χ1v) is 6.99. The Labute approximate surface area is 120 Å². The molecular formula is C13H13ClN2O2S. The van der Waals surface area contributed by atoms with Crippen LogP contribution in [0.5, 0.6) is 0 Å². The lowest BCUT2D eigenvalue weighted by Crippen LogP contribution is -2.06. The summed E-state index contributed by atoms with van der Waals surface area (Å²) < 4.78 is 0. The number of benzene rings is 1. The van der Waals surface area contributed by atoms with Crippen LogP contribution in [0.4, 0.5) is 11.4 Å². The number of hydrogen-bond acceptors (Lipinski definition) is 4. The molecule has 19 heavy (non-hydrogen) atoms. The predicted molar refractivity (Wildman–Crippen MR) is 79.2 cm³/mol. The summed E-state index contributed by atoms with van der Waals surface area (Å²) in [6, 6.07) is 6.50. The Morgan fingerprint density at radius 3 is 2.74 bits per heavy atom. The Morgan fingerprint density at radius 1 is 1.42 bits per heavy atom. The molecule has 0 saturated carbocycles. The topological polar surface area (TPSA) is 55.2 Å². The van der Waals surface area contributed by atoms with Crippen LogP contribution >= 0.6 is 22.9 Å². The van der Waals surface area contributed by atoms with Crippen LogP contribution in [-0.2, 0) is 0 Å². The van der Waals surface area contributed by atoms with E-state index >= 15 is 0 Å². The van der Waals surface area contributed by atoms with Crippen LogP contribution in [0.3, 0.4) is 0 Å². The van der Waals surface area contributed by atoms with Gasteiger partial charge < -0.3 is 5.32 Å². The standard InChI is InChI=1S/C13H13ClN2O2S/c1-8-5-6-19-13(8)9(2)15-12-7-10(16(17)18)3-4-11(12)14/h3-7,9,15H,1-2H3. The van der Waals surface area contributed by atoms with Crippen LogP contribution in [0.1, 0.15) is 23.4 Å². The van der Waals surface area contributed by atoms with E-state index < -0.39 is 4.92 Å². The summed E-state index contributed by atoms with van der Waals surface area (Å²) in [5.41, 5.74) is 1.81. The summed E-state index contributed by atoms with van der Waals surface area (Å²) in [7, 11) is 0.